The minimum absolute atomic E-state index is 0.551. The lowest BCUT2D eigenvalue weighted by atomic mass is 9.67. The largest absolute Gasteiger partial charge is 0.308 e. The molecule has 0 N–H and O–H groups in total. The van der Waals surface area contributed by atoms with Gasteiger partial charge in [-0.15, -0.1) is 0 Å². The number of hydrogen-bond acceptors (Lipinski definition) is 5. The smallest absolute Gasteiger partial charge is 0.188 e. The normalized spacial score (nSPS) is 14.8. The van der Waals surface area contributed by atoms with Gasteiger partial charge in [0.1, 0.15) is 0 Å². The van der Waals surface area contributed by atoms with Crippen LogP contribution in [0.1, 0.15) is 33.4 Å². The maximum Gasteiger partial charge on any atom is 0.188 e. The van der Waals surface area contributed by atoms with Crippen LogP contribution in [-0.4, -0.2) is 19.1 Å². The summed E-state index contributed by atoms with van der Waals surface area (Å²) >= 11 is 1.77. The van der Waals surface area contributed by atoms with Crippen molar-refractivity contribution < 1.29 is 0 Å². The number of nitrogens with zero attached hydrogens (tertiary/aromatic N) is 7. The van der Waals surface area contributed by atoms with Gasteiger partial charge in [-0.2, -0.15) is 10.5 Å². The Hall–Kier alpha value is -7.96. The summed E-state index contributed by atoms with van der Waals surface area (Å²) in [5.41, 5.74) is 13.0. The Morgan fingerprint density at radius 2 is 1.22 bits per heavy atom. The molecule has 0 saturated heterocycles. The van der Waals surface area contributed by atoms with Gasteiger partial charge in [-0.3, -0.25) is 9.97 Å². The highest BCUT2D eigenvalue weighted by Gasteiger charge is 2.52. The molecule has 2 aliphatic rings. The fourth-order valence-electron chi connectivity index (χ4n) is 9.63. The molecule has 0 fully saturated rings. The molecule has 0 radical (unpaired) electrons. The molecule has 58 heavy (non-hydrogen) atoms. The van der Waals surface area contributed by atoms with Gasteiger partial charge in [0, 0.05) is 37.7 Å². The van der Waals surface area contributed by atoms with E-state index in [2.05, 4.69) is 98.9 Å². The van der Waals surface area contributed by atoms with E-state index in [1.54, 1.807) is 11.8 Å². The zero-order valence-electron chi connectivity index (χ0n) is 30.5. The van der Waals surface area contributed by atoms with Crippen LogP contribution in [0.15, 0.2) is 162 Å². The molecule has 0 bridgehead atoms. The number of hydrogen-bond donors (Lipinski definition) is 0. The second-order valence-corrected chi connectivity index (χ2v) is 15.7. The van der Waals surface area contributed by atoms with Crippen LogP contribution in [0.5, 0.6) is 0 Å². The third-order valence-electron chi connectivity index (χ3n) is 11.9. The summed E-state index contributed by atoms with van der Waals surface area (Å²) in [7, 11) is 0. The van der Waals surface area contributed by atoms with E-state index in [0.717, 1.165) is 92.9 Å². The predicted octanol–water partition coefficient (Wildman–Crippen LogP) is 11.8. The average molecular weight is 756 g/mol. The fraction of sp³-hybridized carbons (Fsp3) is 0.0200. The SMILES string of the molecule is [C-]#[N+]c1ccc2c(c1)c1cc(C#N)ccc1n2-c1cccc2c1Sc1ccccc1C21c2cccnc2-c2ncc(-n3c4ccccc4c4cc(C#N)ccc43)cc21. The second-order valence-electron chi connectivity index (χ2n) is 14.7. The van der Waals surface area contributed by atoms with E-state index in [-0.39, 0.29) is 0 Å². The highest BCUT2D eigenvalue weighted by molar-refractivity contribution is 7.99. The number of nitriles is 2. The van der Waals surface area contributed by atoms with Crippen molar-refractivity contribution in [3.8, 4) is 34.9 Å². The van der Waals surface area contributed by atoms with Crippen molar-refractivity contribution in [1.82, 2.24) is 19.1 Å². The van der Waals surface area contributed by atoms with Crippen molar-refractivity contribution in [3.63, 3.8) is 0 Å². The average Bonchev–Trinajstić information content (AvgIpc) is 3.89. The monoisotopic (exact) mass is 755 g/mol. The quantitative estimate of drug-likeness (QED) is 0.164. The number of pyridine rings is 2. The summed E-state index contributed by atoms with van der Waals surface area (Å²) in [4.78, 5) is 16.3. The molecule has 1 spiro atoms. The second kappa shape index (κ2) is 11.8. The lowest BCUT2D eigenvalue weighted by molar-refractivity contribution is 0.716. The van der Waals surface area contributed by atoms with E-state index in [1.807, 2.05) is 79.1 Å². The molecular weight excluding hydrogens is 731 g/mol. The molecule has 8 heteroatoms. The van der Waals surface area contributed by atoms with Gasteiger partial charge < -0.3 is 9.13 Å². The lowest BCUT2D eigenvalue weighted by Crippen LogP contribution is -2.32. The molecule has 5 heterocycles. The summed E-state index contributed by atoms with van der Waals surface area (Å²) in [5.74, 6) is 0. The molecule has 10 aromatic rings. The van der Waals surface area contributed by atoms with E-state index in [0.29, 0.717) is 16.8 Å². The molecule has 0 saturated carbocycles. The van der Waals surface area contributed by atoms with E-state index >= 15 is 0 Å². The first-order valence-corrected chi connectivity index (χ1v) is 19.6. The Labute approximate surface area is 336 Å². The number of para-hydroxylation sites is 1. The third-order valence-corrected chi connectivity index (χ3v) is 13.1. The van der Waals surface area contributed by atoms with Crippen molar-refractivity contribution >= 4 is 61.1 Å². The van der Waals surface area contributed by atoms with Gasteiger partial charge in [-0.05, 0) is 101 Å². The van der Waals surface area contributed by atoms with Gasteiger partial charge in [0.05, 0.1) is 86.3 Å². The maximum absolute atomic E-state index is 9.90. The molecule has 4 aromatic heterocycles. The van der Waals surface area contributed by atoms with Crippen LogP contribution in [0.2, 0.25) is 0 Å². The molecule has 6 aromatic carbocycles. The highest BCUT2D eigenvalue weighted by Crippen LogP contribution is 2.62. The predicted molar refractivity (Wildman–Crippen MR) is 228 cm³/mol. The lowest BCUT2D eigenvalue weighted by Gasteiger charge is -2.40. The van der Waals surface area contributed by atoms with Crippen LogP contribution in [0.3, 0.4) is 0 Å². The van der Waals surface area contributed by atoms with Crippen LogP contribution >= 0.6 is 11.8 Å². The summed E-state index contributed by atoms with van der Waals surface area (Å²) in [6.07, 6.45) is 3.80. The Morgan fingerprint density at radius 1 is 0.569 bits per heavy atom. The Morgan fingerprint density at radius 3 is 2.03 bits per heavy atom. The standard InChI is InChI=1S/C50H25N7S/c1-53-31-17-20-44-36(24-31)35-23-30(27-52)16-19-43(35)57(44)45-13-6-10-39-49(45)58-46-14-5-3-9-37(46)50(39)38-11-7-21-54-47(38)48-40(50)25-32(28-55-48)56-41-12-4-2-8-33(41)34-22-29(26-51)15-18-42(34)56/h2-25,28H. The summed E-state index contributed by atoms with van der Waals surface area (Å²) < 4.78 is 4.55. The van der Waals surface area contributed by atoms with Gasteiger partial charge in [-0.1, -0.05) is 72.4 Å². The van der Waals surface area contributed by atoms with Crippen LogP contribution in [0.4, 0.5) is 5.69 Å². The van der Waals surface area contributed by atoms with E-state index in [4.69, 9.17) is 16.5 Å². The Kier molecular flexibility index (Phi) is 6.56. The molecule has 266 valence electrons. The zero-order chi connectivity index (χ0) is 38.7. The van der Waals surface area contributed by atoms with E-state index in [1.165, 1.54) is 5.56 Å². The molecule has 1 aliphatic heterocycles. The molecule has 1 aliphatic carbocycles. The van der Waals surface area contributed by atoms with Crippen molar-refractivity contribution in [2.45, 2.75) is 15.2 Å². The van der Waals surface area contributed by atoms with Crippen molar-refractivity contribution in [2.24, 2.45) is 0 Å². The van der Waals surface area contributed by atoms with Gasteiger partial charge in [-0.25, -0.2) is 4.85 Å². The molecule has 12 rings (SSSR count). The van der Waals surface area contributed by atoms with E-state index in [9.17, 15) is 10.5 Å². The first-order chi connectivity index (χ1) is 28.6. The maximum atomic E-state index is 9.90. The Bertz CT molecular complexity index is 3540. The van der Waals surface area contributed by atoms with Crippen LogP contribution < -0.4 is 0 Å². The van der Waals surface area contributed by atoms with Gasteiger partial charge in [0.15, 0.2) is 5.69 Å². The molecule has 1 unspecified atom stereocenters. The first-order valence-electron chi connectivity index (χ1n) is 18.8. The first kappa shape index (κ1) is 32.3. The highest BCUT2D eigenvalue weighted by atomic mass is 32.2. The minimum Gasteiger partial charge on any atom is -0.308 e. The number of rotatable bonds is 2. The number of aromatic nitrogens is 4. The zero-order valence-corrected chi connectivity index (χ0v) is 31.3. The molecule has 7 nitrogen and oxygen atoms in total. The van der Waals surface area contributed by atoms with Crippen molar-refractivity contribution in [1.29, 1.82) is 10.5 Å². The van der Waals surface area contributed by atoms with Gasteiger partial charge in [0.2, 0.25) is 0 Å². The summed E-state index contributed by atoms with van der Waals surface area (Å²) in [6.45, 7) is 7.78. The van der Waals surface area contributed by atoms with Crippen LogP contribution in [0.25, 0.3) is 71.2 Å². The van der Waals surface area contributed by atoms with Crippen LogP contribution in [-0.2, 0) is 5.41 Å². The molecule has 1 atom stereocenters. The third kappa shape index (κ3) is 4.10. The Balaban J connectivity index is 1.19. The minimum atomic E-state index is -0.772. The number of fused-ring (bicyclic) bond motifs is 15. The molecular formula is C50H25N7S. The number of benzene rings is 6. The van der Waals surface area contributed by atoms with Crippen LogP contribution in [0, 0.1) is 29.2 Å². The topological polar surface area (TPSA) is 87.6 Å². The van der Waals surface area contributed by atoms with Gasteiger partial charge in [0.25, 0.3) is 0 Å². The van der Waals surface area contributed by atoms with E-state index < -0.39 is 5.41 Å². The molecule has 0 amide bonds. The van der Waals surface area contributed by atoms with Crippen molar-refractivity contribution in [3.05, 3.63) is 197 Å². The summed E-state index contributed by atoms with van der Waals surface area (Å²) in [6, 6.07) is 52.3. The summed E-state index contributed by atoms with van der Waals surface area (Å²) in [5, 5.41) is 23.6. The van der Waals surface area contributed by atoms with Crippen molar-refractivity contribution in [2.75, 3.05) is 0 Å². The fourth-order valence-corrected chi connectivity index (χ4v) is 10.9. The van der Waals surface area contributed by atoms with Gasteiger partial charge >= 0.3 is 0 Å².